The van der Waals surface area contributed by atoms with Gasteiger partial charge in [0, 0.05) is 24.4 Å². The maximum atomic E-state index is 13.0. The van der Waals surface area contributed by atoms with E-state index in [-0.39, 0.29) is 37.1 Å². The Labute approximate surface area is 189 Å². The first-order valence-corrected chi connectivity index (χ1v) is 10.5. The summed E-state index contributed by atoms with van der Waals surface area (Å²) < 4.78 is 17.2. The van der Waals surface area contributed by atoms with E-state index in [4.69, 9.17) is 14.0 Å². The van der Waals surface area contributed by atoms with Gasteiger partial charge in [-0.05, 0) is 41.1 Å². The van der Waals surface area contributed by atoms with E-state index in [0.717, 1.165) is 5.56 Å². The lowest BCUT2D eigenvalue weighted by Crippen LogP contribution is -2.51. The molecule has 172 valence electrons. The van der Waals surface area contributed by atoms with Crippen molar-refractivity contribution in [2.45, 2.75) is 26.0 Å². The van der Waals surface area contributed by atoms with Crippen LogP contribution in [0.1, 0.15) is 17.7 Å². The van der Waals surface area contributed by atoms with Gasteiger partial charge < -0.3 is 19.7 Å². The van der Waals surface area contributed by atoms with Gasteiger partial charge in [0.25, 0.3) is 5.91 Å². The minimum absolute atomic E-state index is 0.0101. The molecule has 10 nitrogen and oxygen atoms in total. The number of amides is 2. The second-order valence-electron chi connectivity index (χ2n) is 7.70. The Bertz CT molecular complexity index is 1180. The van der Waals surface area contributed by atoms with Crippen molar-refractivity contribution >= 4 is 17.5 Å². The second kappa shape index (κ2) is 9.70. The molecule has 0 aliphatic carbocycles. The molecule has 10 heteroatoms. The number of nitrogens with zero attached hydrogens (tertiary/aromatic N) is 2. The van der Waals surface area contributed by atoms with E-state index in [1.165, 1.54) is 9.58 Å². The van der Waals surface area contributed by atoms with Crippen molar-refractivity contribution in [3.05, 3.63) is 70.2 Å². The Hall–Kier alpha value is -3.92. The predicted molar refractivity (Wildman–Crippen MR) is 117 cm³/mol. The molecule has 1 aromatic heterocycles. The fourth-order valence-electron chi connectivity index (χ4n) is 3.56. The zero-order valence-corrected chi connectivity index (χ0v) is 18.4. The fourth-order valence-corrected chi connectivity index (χ4v) is 3.56. The molecule has 1 aliphatic rings. The van der Waals surface area contributed by atoms with E-state index < -0.39 is 11.7 Å². The Morgan fingerprint density at radius 1 is 1.18 bits per heavy atom. The number of nitrogens with one attached hydrogen (secondary N) is 2. The Kier molecular flexibility index (Phi) is 6.55. The largest absolute Gasteiger partial charge is 0.497 e. The topological polar surface area (TPSA) is 118 Å². The minimum Gasteiger partial charge on any atom is -0.497 e. The van der Waals surface area contributed by atoms with Gasteiger partial charge in [-0.15, -0.1) is 0 Å². The number of rotatable bonds is 7. The number of benzene rings is 2. The van der Waals surface area contributed by atoms with E-state index in [0.29, 0.717) is 23.7 Å². The number of aromatic nitrogens is 2. The number of morpholine rings is 1. The van der Waals surface area contributed by atoms with Crippen LogP contribution >= 0.6 is 0 Å². The highest BCUT2D eigenvalue weighted by atomic mass is 16.5. The summed E-state index contributed by atoms with van der Waals surface area (Å²) in [6.45, 7) is 2.52. The first-order chi connectivity index (χ1) is 15.9. The first-order valence-electron chi connectivity index (χ1n) is 10.5. The number of aryl methyl sites for hydroxylation is 1. The Balaban J connectivity index is 1.44. The molecule has 1 fully saturated rings. The first kappa shape index (κ1) is 22.3. The van der Waals surface area contributed by atoms with Crippen molar-refractivity contribution in [1.82, 2.24) is 10.2 Å². The molecule has 1 atom stereocenters. The van der Waals surface area contributed by atoms with Crippen LogP contribution in [0.3, 0.4) is 0 Å². The average molecular weight is 453 g/mol. The number of carbonyl (C=O) groups is 2. The van der Waals surface area contributed by atoms with Gasteiger partial charge in [-0.3, -0.25) is 14.1 Å². The molecule has 2 heterocycles. The molecule has 0 bridgehead atoms. The van der Waals surface area contributed by atoms with Crippen molar-refractivity contribution in [2.24, 2.45) is 0 Å². The predicted octanol–water partition coefficient (Wildman–Crippen LogP) is 1.32. The summed E-state index contributed by atoms with van der Waals surface area (Å²) in [7, 11) is 1.56. The lowest BCUT2D eigenvalue weighted by Gasteiger charge is -2.30. The molecular weight excluding hydrogens is 428 g/mol. The maximum Gasteiger partial charge on any atom is 0.432 e. The molecule has 3 aromatic rings. The highest BCUT2D eigenvalue weighted by molar-refractivity contribution is 5.95. The molecule has 0 radical (unpaired) electrons. The van der Waals surface area contributed by atoms with Crippen molar-refractivity contribution in [2.75, 3.05) is 25.6 Å². The van der Waals surface area contributed by atoms with E-state index in [1.54, 1.807) is 43.5 Å². The molecule has 1 unspecified atom stereocenters. The van der Waals surface area contributed by atoms with E-state index in [1.807, 2.05) is 19.1 Å². The summed E-state index contributed by atoms with van der Waals surface area (Å²) in [6.07, 6.45) is -1.05. The standard InChI is InChI=1S/C23H24N4O6/c1-15-3-5-16(6-4-15)24-21(28)13-20-22(29)26(11-12-32-20)14-19-23(30)33-25-27(19)17-7-9-18(31-2)10-8-17/h3-10,20H,11-14H2,1-2H3,(H-,24,25,28,30)/p+1. The number of ether oxygens (including phenoxy) is 2. The SMILES string of the molecule is COc1ccc(-[n+]2[nH]oc(=O)c2CN2CCOC(CC(=O)Nc3ccc(C)cc3)C2=O)cc1. The third-order valence-corrected chi connectivity index (χ3v) is 5.38. The molecule has 2 amide bonds. The zero-order valence-electron chi connectivity index (χ0n) is 18.4. The van der Waals surface area contributed by atoms with Crippen molar-refractivity contribution in [3.8, 4) is 11.4 Å². The maximum absolute atomic E-state index is 13.0. The van der Waals surface area contributed by atoms with Crippen LogP contribution in [0.5, 0.6) is 5.75 Å². The molecule has 1 saturated heterocycles. The minimum atomic E-state index is -0.926. The molecular formula is C23H25N4O6+. The van der Waals surface area contributed by atoms with Crippen LogP contribution in [0.2, 0.25) is 0 Å². The van der Waals surface area contributed by atoms with Crippen molar-refractivity contribution in [3.63, 3.8) is 0 Å². The van der Waals surface area contributed by atoms with Gasteiger partial charge in [-0.2, -0.15) is 0 Å². The fraction of sp³-hybridized carbons (Fsp3) is 0.304. The van der Waals surface area contributed by atoms with Crippen LogP contribution < -0.4 is 20.4 Å². The van der Waals surface area contributed by atoms with Gasteiger partial charge in [0.2, 0.25) is 11.6 Å². The third-order valence-electron chi connectivity index (χ3n) is 5.38. The summed E-state index contributed by atoms with van der Waals surface area (Å²) in [6, 6.07) is 14.4. The number of methoxy groups -OCH3 is 1. The summed E-state index contributed by atoms with van der Waals surface area (Å²) >= 11 is 0. The number of anilines is 1. The summed E-state index contributed by atoms with van der Waals surface area (Å²) in [4.78, 5) is 39.2. The van der Waals surface area contributed by atoms with Crippen LogP contribution in [0, 0.1) is 6.92 Å². The Morgan fingerprint density at radius 3 is 2.61 bits per heavy atom. The van der Waals surface area contributed by atoms with Crippen molar-refractivity contribution < 1.29 is 28.3 Å². The van der Waals surface area contributed by atoms with Crippen LogP contribution in [0.25, 0.3) is 5.69 Å². The van der Waals surface area contributed by atoms with Gasteiger partial charge in [0.1, 0.15) is 18.4 Å². The van der Waals surface area contributed by atoms with E-state index >= 15 is 0 Å². The number of hydrogen-bond donors (Lipinski definition) is 2. The van der Waals surface area contributed by atoms with Gasteiger partial charge in [0.15, 0.2) is 0 Å². The van der Waals surface area contributed by atoms with Crippen LogP contribution in [0.4, 0.5) is 5.69 Å². The van der Waals surface area contributed by atoms with Gasteiger partial charge in [-0.25, -0.2) is 4.79 Å². The van der Waals surface area contributed by atoms with Gasteiger partial charge >= 0.3 is 11.3 Å². The molecule has 0 spiro atoms. The quantitative estimate of drug-likeness (QED) is 0.521. The number of aromatic amines is 1. The van der Waals surface area contributed by atoms with E-state index in [9.17, 15) is 14.4 Å². The monoisotopic (exact) mass is 453 g/mol. The molecule has 4 rings (SSSR count). The molecule has 2 aromatic carbocycles. The second-order valence-corrected chi connectivity index (χ2v) is 7.70. The molecule has 1 aliphatic heterocycles. The van der Waals surface area contributed by atoms with Crippen molar-refractivity contribution in [1.29, 1.82) is 0 Å². The molecule has 33 heavy (non-hydrogen) atoms. The summed E-state index contributed by atoms with van der Waals surface area (Å²) in [5, 5.41) is 5.33. The molecule has 0 saturated carbocycles. The van der Waals surface area contributed by atoms with Crippen LogP contribution in [0.15, 0.2) is 57.8 Å². The van der Waals surface area contributed by atoms with Crippen LogP contribution in [-0.2, 0) is 20.9 Å². The smallest absolute Gasteiger partial charge is 0.432 e. The Morgan fingerprint density at radius 2 is 1.91 bits per heavy atom. The van der Waals surface area contributed by atoms with Gasteiger partial charge in [-0.1, -0.05) is 17.7 Å². The average Bonchev–Trinajstić information content (AvgIpc) is 3.18. The lowest BCUT2D eigenvalue weighted by atomic mass is 10.1. The molecule has 2 N–H and O–H groups in total. The zero-order chi connectivity index (χ0) is 23.4. The number of hydrogen-bond acceptors (Lipinski definition) is 6. The summed E-state index contributed by atoms with van der Waals surface area (Å²) in [5.41, 5.74) is 2.04. The third kappa shape index (κ3) is 5.12. The highest BCUT2D eigenvalue weighted by Crippen LogP contribution is 2.16. The van der Waals surface area contributed by atoms with E-state index in [2.05, 4.69) is 10.6 Å². The van der Waals surface area contributed by atoms with Crippen LogP contribution in [-0.4, -0.2) is 48.4 Å². The number of carbonyl (C=O) groups excluding carboxylic acids is 2. The summed E-state index contributed by atoms with van der Waals surface area (Å²) in [5.74, 6) is -0.0162. The highest BCUT2D eigenvalue weighted by Gasteiger charge is 2.35. The van der Waals surface area contributed by atoms with Gasteiger partial charge in [0.05, 0.1) is 20.1 Å². The normalized spacial score (nSPS) is 16.0. The number of H-pyrrole nitrogens is 1. The lowest BCUT2D eigenvalue weighted by molar-refractivity contribution is -0.678.